The standard InChI is InChI=1S/C11H12Cl2N2O/c1-6(15-5-10(14)11(15)16)8-3-2-7(12)4-9(8)13/h2-4,6,10H,5,14H2,1H3. The maximum Gasteiger partial charge on any atom is 0.241 e. The number of benzene rings is 1. The summed E-state index contributed by atoms with van der Waals surface area (Å²) in [5.74, 6) is -0.0292. The Hall–Kier alpha value is -0.770. The van der Waals surface area contributed by atoms with Gasteiger partial charge in [0.2, 0.25) is 5.91 Å². The molecule has 2 rings (SSSR count). The lowest BCUT2D eigenvalue weighted by Gasteiger charge is -2.41. The Morgan fingerprint density at radius 2 is 2.19 bits per heavy atom. The van der Waals surface area contributed by atoms with Gasteiger partial charge in [0.15, 0.2) is 0 Å². The van der Waals surface area contributed by atoms with Crippen molar-refractivity contribution in [3.8, 4) is 0 Å². The van der Waals surface area contributed by atoms with Gasteiger partial charge < -0.3 is 10.6 Å². The Kier molecular flexibility index (Phi) is 3.10. The molecule has 0 radical (unpaired) electrons. The molecule has 0 bridgehead atoms. The second-order valence-corrected chi connectivity index (χ2v) is 4.78. The predicted octanol–water partition coefficient (Wildman–Crippen LogP) is 2.22. The number of nitrogens with zero attached hydrogens (tertiary/aromatic N) is 1. The van der Waals surface area contributed by atoms with E-state index in [1.807, 2.05) is 13.0 Å². The van der Waals surface area contributed by atoms with Gasteiger partial charge in [-0.2, -0.15) is 0 Å². The number of carbonyl (C=O) groups is 1. The van der Waals surface area contributed by atoms with Crippen LogP contribution in [0.4, 0.5) is 0 Å². The summed E-state index contributed by atoms with van der Waals surface area (Å²) in [5.41, 5.74) is 6.44. The van der Waals surface area contributed by atoms with Gasteiger partial charge in [0.05, 0.1) is 6.04 Å². The molecule has 1 amide bonds. The van der Waals surface area contributed by atoms with Crippen molar-refractivity contribution in [1.29, 1.82) is 0 Å². The zero-order valence-electron chi connectivity index (χ0n) is 8.78. The summed E-state index contributed by atoms with van der Waals surface area (Å²) >= 11 is 11.9. The van der Waals surface area contributed by atoms with Gasteiger partial charge in [-0.15, -0.1) is 0 Å². The molecule has 1 fully saturated rings. The maximum atomic E-state index is 11.5. The van der Waals surface area contributed by atoms with Crippen molar-refractivity contribution in [1.82, 2.24) is 4.90 Å². The fraction of sp³-hybridized carbons (Fsp3) is 0.364. The molecule has 0 spiro atoms. The van der Waals surface area contributed by atoms with Crippen LogP contribution in [0.3, 0.4) is 0 Å². The van der Waals surface area contributed by atoms with Crippen molar-refractivity contribution in [3.05, 3.63) is 33.8 Å². The minimum absolute atomic E-state index is 0.0292. The summed E-state index contributed by atoms with van der Waals surface area (Å²) in [5, 5.41) is 1.17. The second kappa shape index (κ2) is 4.24. The number of rotatable bonds is 2. The van der Waals surface area contributed by atoms with E-state index >= 15 is 0 Å². The molecule has 0 aliphatic carbocycles. The van der Waals surface area contributed by atoms with Gasteiger partial charge in [0.1, 0.15) is 6.04 Å². The van der Waals surface area contributed by atoms with E-state index in [-0.39, 0.29) is 18.0 Å². The number of hydrogen-bond donors (Lipinski definition) is 1. The number of β-lactam (4-membered cyclic amide) rings is 1. The van der Waals surface area contributed by atoms with Gasteiger partial charge in [-0.25, -0.2) is 0 Å². The first kappa shape index (κ1) is 11.7. The van der Waals surface area contributed by atoms with Crippen LogP contribution in [0.15, 0.2) is 18.2 Å². The average molecular weight is 259 g/mol. The SMILES string of the molecule is CC(c1ccc(Cl)cc1Cl)N1CC(N)C1=O. The summed E-state index contributed by atoms with van der Waals surface area (Å²) in [7, 11) is 0. The van der Waals surface area contributed by atoms with E-state index < -0.39 is 0 Å². The number of nitrogens with two attached hydrogens (primary N) is 1. The van der Waals surface area contributed by atoms with E-state index in [1.54, 1.807) is 17.0 Å². The minimum atomic E-state index is -0.353. The molecule has 1 aliphatic heterocycles. The first-order valence-electron chi connectivity index (χ1n) is 5.01. The summed E-state index contributed by atoms with van der Waals surface area (Å²) in [4.78, 5) is 13.2. The molecular weight excluding hydrogens is 247 g/mol. The van der Waals surface area contributed by atoms with Crippen LogP contribution >= 0.6 is 23.2 Å². The van der Waals surface area contributed by atoms with Crippen LogP contribution < -0.4 is 5.73 Å². The highest BCUT2D eigenvalue weighted by atomic mass is 35.5. The van der Waals surface area contributed by atoms with Crippen molar-refractivity contribution in [2.45, 2.75) is 19.0 Å². The predicted molar refractivity (Wildman–Crippen MR) is 64.6 cm³/mol. The van der Waals surface area contributed by atoms with E-state index in [0.29, 0.717) is 16.6 Å². The van der Waals surface area contributed by atoms with Gasteiger partial charge in [-0.3, -0.25) is 4.79 Å². The maximum absolute atomic E-state index is 11.5. The van der Waals surface area contributed by atoms with Gasteiger partial charge >= 0.3 is 0 Å². The Balaban J connectivity index is 2.21. The third-order valence-electron chi connectivity index (χ3n) is 2.87. The van der Waals surface area contributed by atoms with Crippen molar-refractivity contribution >= 4 is 29.1 Å². The molecule has 3 nitrogen and oxygen atoms in total. The number of amides is 1. The van der Waals surface area contributed by atoms with Crippen molar-refractivity contribution in [3.63, 3.8) is 0 Å². The van der Waals surface area contributed by atoms with Crippen LogP contribution in [0.1, 0.15) is 18.5 Å². The van der Waals surface area contributed by atoms with Crippen molar-refractivity contribution < 1.29 is 4.79 Å². The zero-order valence-corrected chi connectivity index (χ0v) is 10.3. The van der Waals surface area contributed by atoms with Crippen LogP contribution in [0.2, 0.25) is 10.0 Å². The van der Waals surface area contributed by atoms with E-state index in [2.05, 4.69) is 0 Å². The molecule has 86 valence electrons. The molecule has 16 heavy (non-hydrogen) atoms. The Labute approximate surface area is 104 Å². The second-order valence-electron chi connectivity index (χ2n) is 3.94. The van der Waals surface area contributed by atoms with Crippen LogP contribution in [0.25, 0.3) is 0 Å². The van der Waals surface area contributed by atoms with E-state index in [9.17, 15) is 4.79 Å². The summed E-state index contributed by atoms with van der Waals surface area (Å²) < 4.78 is 0. The summed E-state index contributed by atoms with van der Waals surface area (Å²) in [6.07, 6.45) is 0. The summed E-state index contributed by atoms with van der Waals surface area (Å²) in [6.45, 7) is 2.51. The van der Waals surface area contributed by atoms with Gasteiger partial charge in [-0.05, 0) is 24.6 Å². The van der Waals surface area contributed by atoms with E-state index in [4.69, 9.17) is 28.9 Å². The molecule has 1 aromatic rings. The molecule has 1 aromatic carbocycles. The summed E-state index contributed by atoms with van der Waals surface area (Å²) in [6, 6.07) is 4.88. The lowest BCUT2D eigenvalue weighted by molar-refractivity contribution is -0.145. The van der Waals surface area contributed by atoms with Crippen molar-refractivity contribution in [2.24, 2.45) is 5.73 Å². The van der Waals surface area contributed by atoms with Crippen LogP contribution in [-0.4, -0.2) is 23.4 Å². The lowest BCUT2D eigenvalue weighted by atomic mass is 10.0. The molecule has 1 saturated heterocycles. The highest BCUT2D eigenvalue weighted by Gasteiger charge is 2.37. The first-order chi connectivity index (χ1) is 7.50. The molecule has 1 aliphatic rings. The number of carbonyl (C=O) groups excluding carboxylic acids is 1. The fourth-order valence-corrected chi connectivity index (χ4v) is 2.40. The highest BCUT2D eigenvalue weighted by Crippen LogP contribution is 2.32. The first-order valence-corrected chi connectivity index (χ1v) is 5.77. The van der Waals surface area contributed by atoms with Crippen LogP contribution in [-0.2, 0) is 4.79 Å². The fourth-order valence-electron chi connectivity index (χ4n) is 1.84. The molecule has 0 aromatic heterocycles. The quantitative estimate of drug-likeness (QED) is 0.828. The van der Waals surface area contributed by atoms with Gasteiger partial charge in [-0.1, -0.05) is 29.3 Å². The average Bonchev–Trinajstić information content (AvgIpc) is 2.24. The molecule has 2 unspecified atom stereocenters. The smallest absolute Gasteiger partial charge is 0.241 e. The number of halogens is 2. The Morgan fingerprint density at radius 1 is 1.50 bits per heavy atom. The van der Waals surface area contributed by atoms with Crippen molar-refractivity contribution in [2.75, 3.05) is 6.54 Å². The van der Waals surface area contributed by atoms with Crippen LogP contribution in [0.5, 0.6) is 0 Å². The van der Waals surface area contributed by atoms with Crippen LogP contribution in [0, 0.1) is 0 Å². The molecule has 2 atom stereocenters. The number of hydrogen-bond acceptors (Lipinski definition) is 2. The number of likely N-dealkylation sites (tertiary alicyclic amines) is 1. The third kappa shape index (κ3) is 1.90. The van der Waals surface area contributed by atoms with E-state index in [1.165, 1.54) is 0 Å². The molecule has 2 N–H and O–H groups in total. The Bertz CT molecular complexity index is 436. The van der Waals surface area contributed by atoms with Gasteiger partial charge in [0.25, 0.3) is 0 Å². The topological polar surface area (TPSA) is 46.3 Å². The zero-order chi connectivity index (χ0) is 11.9. The monoisotopic (exact) mass is 258 g/mol. The molecule has 5 heteroatoms. The molecule has 1 heterocycles. The lowest BCUT2D eigenvalue weighted by Crippen LogP contribution is -2.61. The Morgan fingerprint density at radius 3 is 2.69 bits per heavy atom. The normalized spacial score (nSPS) is 21.9. The molecular formula is C11H12Cl2N2O. The minimum Gasteiger partial charge on any atom is -0.332 e. The van der Waals surface area contributed by atoms with Gasteiger partial charge in [0, 0.05) is 16.6 Å². The van der Waals surface area contributed by atoms with E-state index in [0.717, 1.165) is 5.56 Å². The largest absolute Gasteiger partial charge is 0.332 e. The molecule has 0 saturated carbocycles. The third-order valence-corrected chi connectivity index (χ3v) is 3.44. The highest BCUT2D eigenvalue weighted by molar-refractivity contribution is 6.35.